The first kappa shape index (κ1) is 75.5. The Bertz CT molecular complexity index is 1810. The number of allylic oxidation sites excluding steroid dienone is 11. The van der Waals surface area contributed by atoms with Crippen LogP contribution in [-0.2, 0) is 33.2 Å². The smallest absolute Gasteiger partial charge is 0.220 e. The van der Waals surface area contributed by atoms with Gasteiger partial charge in [0.1, 0.15) is 73.2 Å². The second-order valence-corrected chi connectivity index (χ2v) is 22.8. The molecule has 0 saturated carbocycles. The molecule has 17 atom stereocenters. The molecule has 3 heterocycles. The average molecular weight is 1200 g/mol. The average Bonchev–Trinajstić information content (AvgIpc) is 2.99. The molecule has 19 heteroatoms. The Hall–Kier alpha value is -2.77. The summed E-state index contributed by atoms with van der Waals surface area (Å²) in [6.45, 7) is 1.64. The van der Waals surface area contributed by atoms with Crippen molar-refractivity contribution >= 4 is 5.91 Å². The van der Waals surface area contributed by atoms with E-state index in [0.717, 1.165) is 70.6 Å². The van der Waals surface area contributed by atoms with Gasteiger partial charge in [0, 0.05) is 6.42 Å². The lowest BCUT2D eigenvalue weighted by atomic mass is 9.96. The highest BCUT2D eigenvalue weighted by Crippen LogP contribution is 2.33. The van der Waals surface area contributed by atoms with E-state index in [4.69, 9.17) is 28.4 Å². The van der Waals surface area contributed by atoms with Gasteiger partial charge in [-0.15, -0.1) is 0 Å². The Kier molecular flexibility index (Phi) is 42.5. The van der Waals surface area contributed by atoms with Crippen molar-refractivity contribution in [2.45, 2.75) is 304 Å². The van der Waals surface area contributed by atoms with Gasteiger partial charge in [-0.3, -0.25) is 4.79 Å². The maximum Gasteiger partial charge on any atom is 0.220 e. The molecule has 84 heavy (non-hydrogen) atoms. The van der Waals surface area contributed by atoms with E-state index >= 15 is 0 Å². The number of carbonyl (C=O) groups is 1. The molecular weight excluding hydrogens is 1080 g/mol. The van der Waals surface area contributed by atoms with E-state index in [1.54, 1.807) is 6.08 Å². The van der Waals surface area contributed by atoms with Gasteiger partial charge in [-0.05, 0) is 83.5 Å². The normalized spacial score (nSPS) is 29.7. The zero-order valence-corrected chi connectivity index (χ0v) is 50.9. The zero-order valence-electron chi connectivity index (χ0n) is 50.9. The topological polar surface area (TPSA) is 307 Å². The summed E-state index contributed by atoms with van der Waals surface area (Å²) in [5.74, 6) is -0.297. The van der Waals surface area contributed by atoms with E-state index in [9.17, 15) is 61.0 Å². The highest BCUT2D eigenvalue weighted by Gasteiger charge is 2.53. The Morgan fingerprint density at radius 2 is 0.798 bits per heavy atom. The number of carbonyl (C=O) groups excluding carboxylic acids is 1. The summed E-state index contributed by atoms with van der Waals surface area (Å²) in [4.78, 5) is 13.4. The molecule has 0 radical (unpaired) electrons. The number of aliphatic hydroxyl groups is 11. The first-order valence-electron chi connectivity index (χ1n) is 32.2. The Balaban J connectivity index is 1.46. The van der Waals surface area contributed by atoms with Crippen molar-refractivity contribution in [3.05, 3.63) is 72.9 Å². The molecule has 3 aliphatic rings. The highest BCUT2D eigenvalue weighted by molar-refractivity contribution is 5.76. The van der Waals surface area contributed by atoms with Crippen molar-refractivity contribution in [1.82, 2.24) is 5.32 Å². The largest absolute Gasteiger partial charge is 0.394 e. The van der Waals surface area contributed by atoms with Crippen LogP contribution in [0.3, 0.4) is 0 Å². The summed E-state index contributed by atoms with van der Waals surface area (Å²) >= 11 is 0. The quantitative estimate of drug-likeness (QED) is 0.0216. The predicted molar refractivity (Wildman–Crippen MR) is 323 cm³/mol. The Morgan fingerprint density at radius 3 is 1.29 bits per heavy atom. The number of ether oxygens (including phenoxy) is 6. The number of hydrogen-bond donors (Lipinski definition) is 12. The van der Waals surface area contributed by atoms with Gasteiger partial charge in [-0.25, -0.2) is 0 Å². The van der Waals surface area contributed by atoms with E-state index in [1.807, 2.05) is 6.08 Å². The van der Waals surface area contributed by atoms with Gasteiger partial charge in [-0.2, -0.15) is 0 Å². The molecule has 486 valence electrons. The number of hydrogen-bond acceptors (Lipinski definition) is 18. The molecule has 3 aliphatic heterocycles. The van der Waals surface area contributed by atoms with Gasteiger partial charge in [0.2, 0.25) is 5.91 Å². The molecule has 0 spiro atoms. The summed E-state index contributed by atoms with van der Waals surface area (Å²) in [5, 5.41) is 120. The zero-order chi connectivity index (χ0) is 61.2. The predicted octanol–water partition coefficient (Wildman–Crippen LogP) is 6.99. The maximum atomic E-state index is 13.4. The van der Waals surface area contributed by atoms with Crippen molar-refractivity contribution in [1.29, 1.82) is 0 Å². The minimum absolute atomic E-state index is 0.224. The lowest BCUT2D eigenvalue weighted by Crippen LogP contribution is -2.66. The molecule has 3 fully saturated rings. The van der Waals surface area contributed by atoms with E-state index in [2.05, 4.69) is 79.9 Å². The lowest BCUT2D eigenvalue weighted by Gasteiger charge is -2.48. The van der Waals surface area contributed by atoms with Crippen LogP contribution >= 0.6 is 0 Å². The number of amides is 1. The third-order valence-corrected chi connectivity index (χ3v) is 15.7. The van der Waals surface area contributed by atoms with Gasteiger partial charge < -0.3 is 89.9 Å². The molecule has 0 aromatic rings. The second kappa shape index (κ2) is 47.3. The molecular formula is C65H113NO18. The first-order valence-corrected chi connectivity index (χ1v) is 32.2. The summed E-state index contributed by atoms with van der Waals surface area (Å²) in [5.41, 5.74) is 0. The van der Waals surface area contributed by atoms with Crippen molar-refractivity contribution in [2.75, 3.05) is 26.4 Å². The molecule has 0 aliphatic carbocycles. The number of nitrogens with one attached hydrogen (secondary N) is 1. The Morgan fingerprint density at radius 1 is 0.429 bits per heavy atom. The summed E-state index contributed by atoms with van der Waals surface area (Å²) in [6, 6.07) is -1.00. The van der Waals surface area contributed by atoms with Crippen LogP contribution in [0.1, 0.15) is 200 Å². The standard InChI is InChI=1S/C65H113NO18/c1-3-5-7-9-11-13-15-17-19-20-21-22-23-24-25-26-27-28-29-31-33-35-37-39-41-43-53(71)66-48(49(70)42-40-38-36-34-32-30-18-16-14-12-10-8-6-4-2)47-79-63-59(77)56(74)61(51(45-68)81-63)84-65-60(78)57(75)62(52(46-69)82-65)83-64-58(76)55(73)54(72)50(44-67)80-64/h14-17,20-21,23-24,32,34,40,42,48-52,54-65,67-70,72-78H,3-13,18-19,22,25-31,33,35-39,41,43-47H2,1-2H3,(H,66,71)/b16-14+,17-15-,21-20-,24-23-,34-32+,42-40+. The molecule has 19 nitrogen and oxygen atoms in total. The molecule has 17 unspecified atom stereocenters. The highest BCUT2D eigenvalue weighted by atomic mass is 16.8. The second-order valence-electron chi connectivity index (χ2n) is 22.8. The van der Waals surface area contributed by atoms with Crippen LogP contribution in [0.2, 0.25) is 0 Å². The number of unbranched alkanes of at least 4 members (excludes halogenated alkanes) is 21. The van der Waals surface area contributed by atoms with E-state index < -0.39 is 124 Å². The fourth-order valence-corrected chi connectivity index (χ4v) is 10.4. The van der Waals surface area contributed by atoms with Crippen molar-refractivity contribution in [2.24, 2.45) is 0 Å². The lowest BCUT2D eigenvalue weighted by molar-refractivity contribution is -0.379. The van der Waals surface area contributed by atoms with Crippen molar-refractivity contribution in [3.63, 3.8) is 0 Å². The van der Waals surface area contributed by atoms with Crippen LogP contribution in [0.25, 0.3) is 0 Å². The third-order valence-electron chi connectivity index (χ3n) is 15.7. The van der Waals surface area contributed by atoms with Crippen LogP contribution in [0.15, 0.2) is 72.9 Å². The van der Waals surface area contributed by atoms with Gasteiger partial charge in [0.05, 0.1) is 38.6 Å². The summed E-state index contributed by atoms with van der Waals surface area (Å²) < 4.78 is 34.2. The fourth-order valence-electron chi connectivity index (χ4n) is 10.4. The van der Waals surface area contributed by atoms with Crippen LogP contribution in [0.5, 0.6) is 0 Å². The summed E-state index contributed by atoms with van der Waals surface area (Å²) in [6.07, 6.45) is 30.2. The van der Waals surface area contributed by atoms with Crippen LogP contribution in [-0.4, -0.2) is 193 Å². The van der Waals surface area contributed by atoms with Gasteiger partial charge in [0.15, 0.2) is 18.9 Å². The van der Waals surface area contributed by atoms with Gasteiger partial charge >= 0.3 is 0 Å². The molecule has 1 amide bonds. The van der Waals surface area contributed by atoms with E-state index in [-0.39, 0.29) is 18.9 Å². The third kappa shape index (κ3) is 30.0. The van der Waals surface area contributed by atoms with E-state index in [1.165, 1.54) is 96.3 Å². The van der Waals surface area contributed by atoms with Crippen LogP contribution in [0.4, 0.5) is 0 Å². The minimum atomic E-state index is -1.98. The molecule has 12 N–H and O–H groups in total. The molecule has 0 aromatic carbocycles. The fraction of sp³-hybridized carbons (Fsp3) is 0.800. The van der Waals surface area contributed by atoms with Crippen molar-refractivity contribution in [3.8, 4) is 0 Å². The van der Waals surface area contributed by atoms with E-state index in [0.29, 0.717) is 12.8 Å². The number of aliphatic hydroxyl groups excluding tert-OH is 11. The van der Waals surface area contributed by atoms with Gasteiger partial charge in [-0.1, -0.05) is 183 Å². The molecule has 0 aromatic heterocycles. The molecule has 3 saturated heterocycles. The monoisotopic (exact) mass is 1200 g/mol. The van der Waals surface area contributed by atoms with Crippen molar-refractivity contribution < 1.29 is 89.4 Å². The Labute approximate surface area is 502 Å². The number of rotatable bonds is 47. The molecule has 3 rings (SSSR count). The van der Waals surface area contributed by atoms with Crippen LogP contribution < -0.4 is 5.32 Å². The van der Waals surface area contributed by atoms with Gasteiger partial charge in [0.25, 0.3) is 0 Å². The summed E-state index contributed by atoms with van der Waals surface area (Å²) in [7, 11) is 0. The maximum absolute atomic E-state index is 13.4. The first-order chi connectivity index (χ1) is 40.8. The minimum Gasteiger partial charge on any atom is -0.394 e. The van der Waals surface area contributed by atoms with Crippen LogP contribution in [0, 0.1) is 0 Å². The SMILES string of the molecule is CCCCCC/C=C/CC/C=C/CC/C=C/C(O)C(COC1OC(CO)C(OC2OC(CO)C(OC3OC(CO)C(O)C(O)C3O)C(O)C2O)C(O)C1O)NC(=O)CCCCCCCCCCCC/C=C\C/C=C\C/C=C\CCCCCCC. The molecule has 0 bridgehead atoms.